The van der Waals surface area contributed by atoms with Gasteiger partial charge in [-0.15, -0.1) is 11.3 Å². The van der Waals surface area contributed by atoms with E-state index in [2.05, 4.69) is 0 Å². The number of halogens is 4. The molecule has 0 unspecified atom stereocenters. The van der Waals surface area contributed by atoms with Crippen molar-refractivity contribution in [2.45, 2.75) is 44.9 Å². The Balaban J connectivity index is 1.89. The van der Waals surface area contributed by atoms with Crippen molar-refractivity contribution in [3.8, 4) is 0 Å². The molecule has 0 saturated heterocycles. The van der Waals surface area contributed by atoms with Crippen LogP contribution in [0.25, 0.3) is 0 Å². The molecule has 2 aliphatic rings. The van der Waals surface area contributed by atoms with E-state index in [0.29, 0.717) is 5.56 Å². The van der Waals surface area contributed by atoms with Gasteiger partial charge in [-0.05, 0) is 34.9 Å². The molecule has 10 heteroatoms. The Morgan fingerprint density at radius 3 is 2.45 bits per heavy atom. The zero-order chi connectivity index (χ0) is 24.2. The lowest BCUT2D eigenvalue weighted by molar-refractivity contribution is -0.190. The van der Waals surface area contributed by atoms with Gasteiger partial charge in [0.2, 0.25) is 5.54 Å². The van der Waals surface area contributed by atoms with Crippen LogP contribution in [-0.4, -0.2) is 34.2 Å². The van der Waals surface area contributed by atoms with E-state index in [4.69, 9.17) is 11.6 Å². The third-order valence-electron chi connectivity index (χ3n) is 5.88. The Bertz CT molecular complexity index is 1170. The molecular weight excluding hydrogens is 477 g/mol. The number of Topliss-reactive ketones (excluding diaryl/α,β-unsaturated/α-hetero) is 1. The standard InChI is InChI=1S/C23H20ClF3N2O3S/c1-21(2)10-15-18(16(30)11-21)22(23(25,26)27,28-19(31)17-8-5-9-33-17)20(32)29(15)12-13-6-3-4-7-14(13)24/h3-9H,10-12H2,1-2H3,(H,28,31)/t22-/m0/s1. The smallest absolute Gasteiger partial charge is 0.326 e. The molecule has 0 fully saturated rings. The molecule has 33 heavy (non-hydrogen) atoms. The van der Waals surface area contributed by atoms with Gasteiger partial charge in [0.25, 0.3) is 11.8 Å². The lowest BCUT2D eigenvalue weighted by Crippen LogP contribution is -2.66. The third-order valence-corrected chi connectivity index (χ3v) is 7.11. The molecule has 1 aliphatic carbocycles. The molecule has 0 saturated carbocycles. The Morgan fingerprint density at radius 1 is 1.15 bits per heavy atom. The van der Waals surface area contributed by atoms with Gasteiger partial charge in [-0.25, -0.2) is 0 Å². The number of allylic oxidation sites excluding steroid dienone is 1. The number of carbonyl (C=O) groups is 3. The van der Waals surface area contributed by atoms with Crippen molar-refractivity contribution in [2.24, 2.45) is 5.41 Å². The molecule has 5 nitrogen and oxygen atoms in total. The number of rotatable bonds is 4. The number of ketones is 1. The fraction of sp³-hybridized carbons (Fsp3) is 0.348. The van der Waals surface area contributed by atoms with Crippen LogP contribution in [0.4, 0.5) is 13.2 Å². The topological polar surface area (TPSA) is 66.5 Å². The molecule has 2 amide bonds. The van der Waals surface area contributed by atoms with Gasteiger partial charge >= 0.3 is 6.18 Å². The molecule has 174 valence electrons. The molecule has 4 rings (SSSR count). The van der Waals surface area contributed by atoms with Crippen LogP contribution in [0, 0.1) is 5.41 Å². The molecule has 0 spiro atoms. The summed E-state index contributed by atoms with van der Waals surface area (Å²) in [4.78, 5) is 40.4. The minimum atomic E-state index is -5.25. The second kappa shape index (κ2) is 7.99. The van der Waals surface area contributed by atoms with Crippen molar-refractivity contribution >= 4 is 40.5 Å². The lowest BCUT2D eigenvalue weighted by Gasteiger charge is -2.35. The molecule has 1 aliphatic heterocycles. The van der Waals surface area contributed by atoms with Crippen molar-refractivity contribution in [1.82, 2.24) is 10.2 Å². The predicted molar refractivity (Wildman–Crippen MR) is 118 cm³/mol. The first kappa shape index (κ1) is 23.5. The van der Waals surface area contributed by atoms with Crippen molar-refractivity contribution in [1.29, 1.82) is 0 Å². The number of amides is 2. The Morgan fingerprint density at radius 2 is 1.85 bits per heavy atom. The van der Waals surface area contributed by atoms with E-state index in [1.54, 1.807) is 38.1 Å². The Labute approximate surface area is 197 Å². The van der Waals surface area contributed by atoms with Crippen LogP contribution in [0.1, 0.15) is 41.9 Å². The maximum atomic E-state index is 14.7. The van der Waals surface area contributed by atoms with Crippen molar-refractivity contribution < 1.29 is 27.6 Å². The molecule has 1 aromatic heterocycles. The summed E-state index contributed by atoms with van der Waals surface area (Å²) in [5, 5.41) is 3.73. The van der Waals surface area contributed by atoms with Crippen molar-refractivity contribution in [3.05, 3.63) is 68.5 Å². The largest absolute Gasteiger partial charge is 0.425 e. The maximum absolute atomic E-state index is 14.7. The second-order valence-electron chi connectivity index (χ2n) is 8.92. The number of hydrogen-bond donors (Lipinski definition) is 1. The van der Waals surface area contributed by atoms with Gasteiger partial charge in [0.15, 0.2) is 5.78 Å². The fourth-order valence-corrected chi connectivity index (χ4v) is 5.24. The van der Waals surface area contributed by atoms with Crippen molar-refractivity contribution in [2.75, 3.05) is 0 Å². The number of nitrogens with zero attached hydrogens (tertiary/aromatic N) is 1. The second-order valence-corrected chi connectivity index (χ2v) is 10.3. The number of alkyl halides is 3. The lowest BCUT2D eigenvalue weighted by atomic mass is 9.72. The summed E-state index contributed by atoms with van der Waals surface area (Å²) < 4.78 is 44.2. The first-order valence-corrected chi connectivity index (χ1v) is 11.4. The van der Waals surface area contributed by atoms with Crippen LogP contribution in [0.5, 0.6) is 0 Å². The summed E-state index contributed by atoms with van der Waals surface area (Å²) in [6, 6.07) is 9.35. The number of thiophene rings is 1. The molecule has 1 aromatic carbocycles. The zero-order valence-electron chi connectivity index (χ0n) is 17.8. The Hall–Kier alpha value is -2.65. The first-order chi connectivity index (χ1) is 15.4. The zero-order valence-corrected chi connectivity index (χ0v) is 19.3. The number of nitrogens with one attached hydrogen (secondary N) is 1. The molecule has 1 atom stereocenters. The van der Waals surface area contributed by atoms with E-state index < -0.39 is 40.3 Å². The molecule has 2 aromatic rings. The summed E-state index contributed by atoms with van der Waals surface area (Å²) >= 11 is 7.15. The molecule has 0 bridgehead atoms. The maximum Gasteiger partial charge on any atom is 0.425 e. The van der Waals surface area contributed by atoms with Gasteiger partial charge in [0.05, 0.1) is 17.0 Å². The van der Waals surface area contributed by atoms with Gasteiger partial charge < -0.3 is 10.2 Å². The van der Waals surface area contributed by atoms with Gasteiger partial charge in [-0.3, -0.25) is 14.4 Å². The van der Waals surface area contributed by atoms with Crippen LogP contribution in [-0.2, 0) is 16.1 Å². The average Bonchev–Trinajstić information content (AvgIpc) is 3.31. The summed E-state index contributed by atoms with van der Waals surface area (Å²) in [5.41, 5.74) is -4.41. The molecule has 1 N–H and O–H groups in total. The van der Waals surface area contributed by atoms with E-state index in [0.717, 1.165) is 16.2 Å². The summed E-state index contributed by atoms with van der Waals surface area (Å²) in [7, 11) is 0. The monoisotopic (exact) mass is 496 g/mol. The third kappa shape index (κ3) is 3.87. The van der Waals surface area contributed by atoms with Crippen LogP contribution < -0.4 is 5.32 Å². The normalized spacial score (nSPS) is 22.5. The van der Waals surface area contributed by atoms with E-state index in [-0.39, 0.29) is 35.0 Å². The molecule has 0 radical (unpaired) electrons. The van der Waals surface area contributed by atoms with Crippen LogP contribution in [0.2, 0.25) is 5.02 Å². The highest BCUT2D eigenvalue weighted by atomic mass is 35.5. The van der Waals surface area contributed by atoms with Gasteiger partial charge in [-0.1, -0.05) is 49.7 Å². The van der Waals surface area contributed by atoms with E-state index >= 15 is 0 Å². The van der Waals surface area contributed by atoms with Crippen LogP contribution in [0.3, 0.4) is 0 Å². The van der Waals surface area contributed by atoms with Crippen molar-refractivity contribution in [3.63, 3.8) is 0 Å². The number of carbonyl (C=O) groups excluding carboxylic acids is 3. The van der Waals surface area contributed by atoms with E-state index in [1.807, 2.05) is 5.32 Å². The van der Waals surface area contributed by atoms with Crippen LogP contribution >= 0.6 is 22.9 Å². The fourth-order valence-electron chi connectivity index (χ4n) is 4.43. The average molecular weight is 497 g/mol. The Kier molecular flexibility index (Phi) is 5.69. The SMILES string of the molecule is CC1(C)CC(=O)C2=C(C1)N(Cc1ccccc1Cl)C(=O)[C@]2(NC(=O)c1cccs1)C(F)(F)F. The van der Waals surface area contributed by atoms with Gasteiger partial charge in [0.1, 0.15) is 0 Å². The van der Waals surface area contributed by atoms with Gasteiger partial charge in [0, 0.05) is 17.1 Å². The highest BCUT2D eigenvalue weighted by Gasteiger charge is 2.71. The number of hydrogen-bond acceptors (Lipinski definition) is 4. The summed E-state index contributed by atoms with van der Waals surface area (Å²) in [6.45, 7) is 3.25. The highest BCUT2D eigenvalue weighted by Crippen LogP contribution is 2.52. The molecule has 2 heterocycles. The molecular formula is C23H20ClF3N2O3S. The summed E-state index contributed by atoms with van der Waals surface area (Å²) in [6.07, 6.45) is -5.35. The predicted octanol–water partition coefficient (Wildman–Crippen LogP) is 5.12. The quantitative estimate of drug-likeness (QED) is 0.639. The van der Waals surface area contributed by atoms with Gasteiger partial charge in [-0.2, -0.15) is 13.2 Å². The van der Waals surface area contributed by atoms with E-state index in [9.17, 15) is 27.6 Å². The minimum absolute atomic E-state index is 0.00159. The first-order valence-electron chi connectivity index (χ1n) is 10.1. The minimum Gasteiger partial charge on any atom is -0.326 e. The van der Waals surface area contributed by atoms with E-state index in [1.165, 1.54) is 17.5 Å². The van der Waals surface area contributed by atoms with Crippen LogP contribution in [0.15, 0.2) is 53.0 Å². The highest BCUT2D eigenvalue weighted by molar-refractivity contribution is 7.12. The summed E-state index contributed by atoms with van der Waals surface area (Å²) in [5.74, 6) is -3.28. The number of benzene rings is 1.